The molecule has 1 saturated carbocycles. The Balaban J connectivity index is 0.000000371. The van der Waals surface area contributed by atoms with E-state index in [1.165, 1.54) is 51.4 Å². The van der Waals surface area contributed by atoms with Crippen molar-refractivity contribution < 1.29 is 0 Å². The Morgan fingerprint density at radius 1 is 0.400 bits per heavy atom. The second kappa shape index (κ2) is 9.00. The van der Waals surface area contributed by atoms with E-state index in [-0.39, 0.29) is 0 Å². The summed E-state index contributed by atoms with van der Waals surface area (Å²) < 4.78 is 0. The summed E-state index contributed by atoms with van der Waals surface area (Å²) in [6.07, 6.45) is 12.0. The van der Waals surface area contributed by atoms with Gasteiger partial charge >= 0.3 is 0 Å². The zero-order valence-corrected chi connectivity index (χ0v) is 7.66. The van der Waals surface area contributed by atoms with Gasteiger partial charge in [0.1, 0.15) is 0 Å². The van der Waals surface area contributed by atoms with Crippen LogP contribution < -0.4 is 0 Å². The van der Waals surface area contributed by atoms with Gasteiger partial charge < -0.3 is 0 Å². The van der Waals surface area contributed by atoms with E-state index in [9.17, 15) is 0 Å². The third-order valence-electron chi connectivity index (χ3n) is 2.00. The fourth-order valence-electron chi connectivity index (χ4n) is 1.41. The lowest BCUT2D eigenvalue weighted by molar-refractivity contribution is 0.504. The van der Waals surface area contributed by atoms with Gasteiger partial charge in [-0.25, -0.2) is 0 Å². The van der Waals surface area contributed by atoms with Gasteiger partial charge in [-0.2, -0.15) is 0 Å². The summed E-state index contributed by atoms with van der Waals surface area (Å²) in [5.41, 5.74) is 0. The second-order valence-electron chi connectivity index (χ2n) is 2.83. The second-order valence-corrected chi connectivity index (χ2v) is 2.83. The van der Waals surface area contributed by atoms with Gasteiger partial charge in [0.25, 0.3) is 0 Å². The summed E-state index contributed by atoms with van der Waals surface area (Å²) in [5.74, 6) is 0. The molecule has 1 rings (SSSR count). The molecule has 0 saturated heterocycles. The van der Waals surface area contributed by atoms with E-state index >= 15 is 0 Å². The highest BCUT2D eigenvalue weighted by molar-refractivity contribution is 4.51. The lowest BCUT2D eigenvalue weighted by atomic mass is 10.0. The molecule has 0 radical (unpaired) electrons. The maximum Gasteiger partial charge on any atom is -0.0533 e. The van der Waals surface area contributed by atoms with Crippen LogP contribution in [0.2, 0.25) is 0 Å². The van der Waals surface area contributed by atoms with Crippen LogP contribution in [-0.4, -0.2) is 0 Å². The minimum Gasteiger partial charge on any atom is -0.0683 e. The van der Waals surface area contributed by atoms with Gasteiger partial charge in [0.2, 0.25) is 0 Å². The molecule has 0 spiro atoms. The third kappa shape index (κ3) is 6.12. The fraction of sp³-hybridized carbons (Fsp3) is 1.00. The Kier molecular flexibility index (Phi) is 9.00. The van der Waals surface area contributed by atoms with Crippen LogP contribution in [0.5, 0.6) is 0 Å². The zero-order chi connectivity index (χ0) is 7.66. The van der Waals surface area contributed by atoms with Gasteiger partial charge in [0.05, 0.1) is 0 Å². The molecule has 0 aliphatic heterocycles. The first kappa shape index (κ1) is 10.0. The maximum atomic E-state index is 2.00. The number of hydrogen-bond donors (Lipinski definition) is 0. The van der Waals surface area contributed by atoms with Gasteiger partial charge in [0, 0.05) is 0 Å². The first-order valence-electron chi connectivity index (χ1n) is 5.00. The lowest BCUT2D eigenvalue weighted by Crippen LogP contribution is -1.85. The Hall–Kier alpha value is 0. The topological polar surface area (TPSA) is 0 Å². The maximum absolute atomic E-state index is 2.00. The van der Waals surface area contributed by atoms with Crippen molar-refractivity contribution in [3.8, 4) is 0 Å². The van der Waals surface area contributed by atoms with Crippen molar-refractivity contribution in [2.45, 2.75) is 65.2 Å². The molecule has 0 unspecified atom stereocenters. The molecule has 0 amide bonds. The molecule has 1 aliphatic carbocycles. The van der Waals surface area contributed by atoms with E-state index in [0.29, 0.717) is 0 Å². The Labute approximate surface area is 66.0 Å². The van der Waals surface area contributed by atoms with Crippen molar-refractivity contribution in [1.29, 1.82) is 0 Å². The smallest absolute Gasteiger partial charge is 0.0533 e. The minimum atomic E-state index is 1.50. The largest absolute Gasteiger partial charge is 0.0683 e. The molecular formula is C10H22. The van der Waals surface area contributed by atoms with E-state index in [0.717, 1.165) is 0 Å². The summed E-state index contributed by atoms with van der Waals surface area (Å²) in [6, 6.07) is 0. The third-order valence-corrected chi connectivity index (χ3v) is 2.00. The quantitative estimate of drug-likeness (QED) is 0.476. The van der Waals surface area contributed by atoms with Crippen LogP contribution in [0.15, 0.2) is 0 Å². The first-order valence-corrected chi connectivity index (χ1v) is 5.00. The van der Waals surface area contributed by atoms with E-state index in [1.54, 1.807) is 0 Å². The molecule has 1 fully saturated rings. The fourth-order valence-corrected chi connectivity index (χ4v) is 1.41. The van der Waals surface area contributed by atoms with E-state index in [4.69, 9.17) is 0 Å². The normalized spacial score (nSPS) is 19.8. The highest BCUT2D eigenvalue weighted by Crippen LogP contribution is 2.15. The van der Waals surface area contributed by atoms with Crippen molar-refractivity contribution in [3.63, 3.8) is 0 Å². The van der Waals surface area contributed by atoms with E-state index in [2.05, 4.69) is 0 Å². The summed E-state index contributed by atoms with van der Waals surface area (Å²) in [5, 5.41) is 0. The highest BCUT2D eigenvalue weighted by Gasteiger charge is 1.95. The number of hydrogen-bond acceptors (Lipinski definition) is 0. The van der Waals surface area contributed by atoms with Gasteiger partial charge in [0.15, 0.2) is 0 Å². The SMILES string of the molecule is C1CCCCCCC1.CC. The van der Waals surface area contributed by atoms with Gasteiger partial charge in [-0.15, -0.1) is 0 Å². The van der Waals surface area contributed by atoms with Crippen LogP contribution in [0.1, 0.15) is 65.2 Å². The summed E-state index contributed by atoms with van der Waals surface area (Å²) in [6.45, 7) is 4.00. The van der Waals surface area contributed by atoms with Crippen molar-refractivity contribution in [1.82, 2.24) is 0 Å². The molecule has 0 aromatic heterocycles. The van der Waals surface area contributed by atoms with E-state index in [1.807, 2.05) is 13.8 Å². The molecule has 62 valence electrons. The predicted molar refractivity (Wildman–Crippen MR) is 48.3 cm³/mol. The predicted octanol–water partition coefficient (Wildman–Crippen LogP) is 4.15. The minimum absolute atomic E-state index is 1.50. The molecule has 0 aromatic rings. The standard InChI is InChI=1S/C8H16.C2H6/c1-2-4-6-8-7-5-3-1;1-2/h1-8H2;1-2H3. The van der Waals surface area contributed by atoms with Crippen molar-refractivity contribution in [3.05, 3.63) is 0 Å². The van der Waals surface area contributed by atoms with Crippen LogP contribution in [0, 0.1) is 0 Å². The van der Waals surface area contributed by atoms with Gasteiger partial charge in [-0.1, -0.05) is 65.2 Å². The summed E-state index contributed by atoms with van der Waals surface area (Å²) in [4.78, 5) is 0. The van der Waals surface area contributed by atoms with Crippen LogP contribution in [-0.2, 0) is 0 Å². The average Bonchev–Trinajstić information content (AvgIpc) is 1.90. The average molecular weight is 142 g/mol. The van der Waals surface area contributed by atoms with Gasteiger partial charge in [-0.3, -0.25) is 0 Å². The summed E-state index contributed by atoms with van der Waals surface area (Å²) in [7, 11) is 0. The monoisotopic (exact) mass is 142 g/mol. The van der Waals surface area contributed by atoms with Crippen LogP contribution >= 0.6 is 0 Å². The number of rotatable bonds is 0. The molecule has 0 bridgehead atoms. The van der Waals surface area contributed by atoms with Crippen LogP contribution in [0.25, 0.3) is 0 Å². The Morgan fingerprint density at radius 2 is 0.500 bits per heavy atom. The molecule has 0 N–H and O–H groups in total. The molecule has 0 aromatic carbocycles. The lowest BCUT2D eigenvalue weighted by Gasteiger charge is -2.05. The summed E-state index contributed by atoms with van der Waals surface area (Å²) >= 11 is 0. The molecular weight excluding hydrogens is 120 g/mol. The molecule has 1 aliphatic rings. The van der Waals surface area contributed by atoms with Crippen molar-refractivity contribution >= 4 is 0 Å². The van der Waals surface area contributed by atoms with Gasteiger partial charge in [-0.05, 0) is 0 Å². The van der Waals surface area contributed by atoms with Crippen LogP contribution in [0.3, 0.4) is 0 Å². The highest BCUT2D eigenvalue weighted by atomic mass is 14.0. The molecule has 0 heterocycles. The molecule has 0 heteroatoms. The van der Waals surface area contributed by atoms with Crippen molar-refractivity contribution in [2.24, 2.45) is 0 Å². The van der Waals surface area contributed by atoms with E-state index < -0.39 is 0 Å². The molecule has 0 atom stereocenters. The van der Waals surface area contributed by atoms with Crippen LogP contribution in [0.4, 0.5) is 0 Å². The molecule has 0 nitrogen and oxygen atoms in total. The Bertz CT molecular complexity index is 24.0. The Morgan fingerprint density at radius 3 is 0.600 bits per heavy atom. The molecule has 10 heavy (non-hydrogen) atoms. The zero-order valence-electron chi connectivity index (χ0n) is 7.66. The first-order chi connectivity index (χ1) is 5.00. The van der Waals surface area contributed by atoms with Crippen molar-refractivity contribution in [2.75, 3.05) is 0 Å².